The normalized spacial score (nSPS) is 11.1. The highest BCUT2D eigenvalue weighted by atomic mass is 35.5. The number of hydrogen-bond acceptors (Lipinski definition) is 4. The fourth-order valence-electron chi connectivity index (χ4n) is 2.80. The highest BCUT2D eigenvalue weighted by molar-refractivity contribution is 7.17. The van der Waals surface area contributed by atoms with Crippen LogP contribution in [0.15, 0.2) is 60.1 Å². The van der Waals surface area contributed by atoms with Gasteiger partial charge in [0.05, 0.1) is 16.4 Å². The number of halogens is 1. The molecule has 24 heavy (non-hydrogen) atoms. The summed E-state index contributed by atoms with van der Waals surface area (Å²) in [6, 6.07) is 16.0. The van der Waals surface area contributed by atoms with Crippen LogP contribution in [0, 0.1) is 0 Å². The molecule has 0 bridgehead atoms. The topological polar surface area (TPSA) is 51.8 Å². The lowest BCUT2D eigenvalue weighted by Crippen LogP contribution is -2.02. The molecule has 0 aliphatic carbocycles. The molecule has 0 spiro atoms. The number of nitrogens with zero attached hydrogens (tertiary/aromatic N) is 2. The van der Waals surface area contributed by atoms with E-state index in [1.165, 1.54) is 0 Å². The Morgan fingerprint density at radius 3 is 2.67 bits per heavy atom. The van der Waals surface area contributed by atoms with Crippen molar-refractivity contribution in [2.75, 3.05) is 0 Å². The molecule has 0 aliphatic rings. The fraction of sp³-hybridized carbons (Fsp3) is 0.0526. The monoisotopic (exact) mass is 351 g/mol. The summed E-state index contributed by atoms with van der Waals surface area (Å²) in [4.78, 5) is 10.1. The van der Waals surface area contributed by atoms with Crippen LogP contribution in [-0.4, -0.2) is 9.97 Å². The first-order chi connectivity index (χ1) is 11.8. The zero-order chi connectivity index (χ0) is 16.5. The van der Waals surface area contributed by atoms with Crippen molar-refractivity contribution in [2.24, 2.45) is 5.73 Å². The second-order valence-electron chi connectivity index (χ2n) is 5.39. The van der Waals surface area contributed by atoms with Gasteiger partial charge in [0.25, 0.3) is 0 Å². The first-order valence-corrected chi connectivity index (χ1v) is 8.81. The summed E-state index contributed by atoms with van der Waals surface area (Å²) in [5.74, 6) is 0. The van der Waals surface area contributed by atoms with Crippen LogP contribution in [0.4, 0.5) is 0 Å². The highest BCUT2D eigenvalue weighted by Gasteiger charge is 2.15. The Labute approximate surface area is 148 Å². The lowest BCUT2D eigenvalue weighted by atomic mass is 10.0. The molecular formula is C19H14ClN3S. The predicted molar refractivity (Wildman–Crippen MR) is 101 cm³/mol. The van der Waals surface area contributed by atoms with Crippen molar-refractivity contribution in [1.29, 1.82) is 0 Å². The number of hydrogen-bond donors (Lipinski definition) is 1. The summed E-state index contributed by atoms with van der Waals surface area (Å²) in [7, 11) is 0. The molecule has 2 N–H and O–H groups in total. The summed E-state index contributed by atoms with van der Waals surface area (Å²) >= 11 is 8.22. The number of nitrogens with two attached hydrogens (primary N) is 1. The average Bonchev–Trinajstić information content (AvgIpc) is 3.07. The Morgan fingerprint density at radius 1 is 1.04 bits per heavy atom. The summed E-state index contributed by atoms with van der Waals surface area (Å²) in [6.45, 7) is 0.368. The Morgan fingerprint density at radius 2 is 1.88 bits per heavy atom. The minimum absolute atomic E-state index is 0.368. The molecule has 118 valence electrons. The van der Waals surface area contributed by atoms with E-state index in [-0.39, 0.29) is 0 Å². The van der Waals surface area contributed by atoms with Crippen LogP contribution in [-0.2, 0) is 6.54 Å². The van der Waals surface area contributed by atoms with Crippen molar-refractivity contribution >= 4 is 33.2 Å². The third-order valence-electron chi connectivity index (χ3n) is 3.94. The summed E-state index contributed by atoms with van der Waals surface area (Å²) < 4.78 is 0. The van der Waals surface area contributed by atoms with Gasteiger partial charge in [-0.3, -0.25) is 4.98 Å². The molecule has 3 aromatic heterocycles. The van der Waals surface area contributed by atoms with Crippen LogP contribution in [0.1, 0.15) is 5.69 Å². The molecular weight excluding hydrogens is 338 g/mol. The van der Waals surface area contributed by atoms with Crippen LogP contribution in [0.25, 0.3) is 32.6 Å². The van der Waals surface area contributed by atoms with Gasteiger partial charge in [-0.2, -0.15) is 0 Å². The predicted octanol–water partition coefficient (Wildman–Crippen LogP) is 5.14. The van der Waals surface area contributed by atoms with E-state index < -0.39 is 0 Å². The molecule has 5 heteroatoms. The maximum atomic E-state index is 6.62. The molecule has 0 unspecified atom stereocenters. The zero-order valence-electron chi connectivity index (χ0n) is 12.7. The molecule has 0 aliphatic heterocycles. The van der Waals surface area contributed by atoms with Crippen LogP contribution < -0.4 is 5.73 Å². The maximum absolute atomic E-state index is 6.62. The quantitative estimate of drug-likeness (QED) is 0.556. The Bertz CT molecular complexity index is 1010. The van der Waals surface area contributed by atoms with Gasteiger partial charge in [0.2, 0.25) is 0 Å². The van der Waals surface area contributed by atoms with Crippen molar-refractivity contribution in [2.45, 2.75) is 6.54 Å². The van der Waals surface area contributed by atoms with Crippen LogP contribution in [0.2, 0.25) is 5.02 Å². The number of fused-ring (bicyclic) bond motifs is 1. The molecule has 0 saturated heterocycles. The second kappa shape index (κ2) is 6.32. The molecule has 1 aromatic carbocycles. The molecule has 3 nitrogen and oxygen atoms in total. The fourth-order valence-corrected chi connectivity index (χ4v) is 4.12. The first-order valence-electron chi connectivity index (χ1n) is 7.55. The minimum Gasteiger partial charge on any atom is -0.325 e. The molecule has 0 radical (unpaired) electrons. The van der Waals surface area contributed by atoms with E-state index in [0.29, 0.717) is 11.6 Å². The van der Waals surface area contributed by atoms with Gasteiger partial charge in [0.15, 0.2) is 0 Å². The second-order valence-corrected chi connectivity index (χ2v) is 6.65. The largest absolute Gasteiger partial charge is 0.325 e. The zero-order valence-corrected chi connectivity index (χ0v) is 14.3. The van der Waals surface area contributed by atoms with E-state index in [0.717, 1.165) is 38.3 Å². The number of rotatable bonds is 3. The molecule has 3 heterocycles. The molecule has 0 atom stereocenters. The Kier molecular flexibility index (Phi) is 4.02. The van der Waals surface area contributed by atoms with Crippen molar-refractivity contribution in [3.8, 4) is 22.4 Å². The molecule has 4 aromatic rings. The van der Waals surface area contributed by atoms with Gasteiger partial charge < -0.3 is 5.73 Å². The van der Waals surface area contributed by atoms with Gasteiger partial charge in [-0.05, 0) is 23.8 Å². The Balaban J connectivity index is 1.91. The van der Waals surface area contributed by atoms with E-state index in [1.54, 1.807) is 17.5 Å². The van der Waals surface area contributed by atoms with E-state index in [9.17, 15) is 0 Å². The SMILES string of the molecule is NCc1ncccc1-c1cc(Cl)c2c(-c3ccccc3)csc2n1. The van der Waals surface area contributed by atoms with Gasteiger partial charge in [-0.25, -0.2) is 4.98 Å². The van der Waals surface area contributed by atoms with Gasteiger partial charge in [-0.15, -0.1) is 11.3 Å². The van der Waals surface area contributed by atoms with Crippen molar-refractivity contribution < 1.29 is 0 Å². The van der Waals surface area contributed by atoms with Gasteiger partial charge in [0.1, 0.15) is 4.83 Å². The van der Waals surface area contributed by atoms with Gasteiger partial charge in [0, 0.05) is 34.6 Å². The van der Waals surface area contributed by atoms with Gasteiger partial charge >= 0.3 is 0 Å². The van der Waals surface area contributed by atoms with E-state index >= 15 is 0 Å². The van der Waals surface area contributed by atoms with Crippen LogP contribution in [0.3, 0.4) is 0 Å². The number of pyridine rings is 2. The van der Waals surface area contributed by atoms with Gasteiger partial charge in [-0.1, -0.05) is 41.9 Å². The maximum Gasteiger partial charge on any atom is 0.126 e. The molecule has 0 fully saturated rings. The minimum atomic E-state index is 0.368. The third-order valence-corrected chi connectivity index (χ3v) is 5.11. The number of thiophene rings is 1. The van der Waals surface area contributed by atoms with Crippen molar-refractivity contribution in [3.63, 3.8) is 0 Å². The lowest BCUT2D eigenvalue weighted by Gasteiger charge is -2.08. The lowest BCUT2D eigenvalue weighted by molar-refractivity contribution is 0.991. The molecule has 4 rings (SSSR count). The highest BCUT2D eigenvalue weighted by Crippen LogP contribution is 2.39. The molecule has 0 amide bonds. The molecule has 0 saturated carbocycles. The Hall–Kier alpha value is -2.27. The standard InChI is InChI=1S/C19H14ClN3S/c20-15-9-16(13-7-4-8-22-17(13)10-21)23-19-18(15)14(11-24-19)12-5-2-1-3-6-12/h1-9,11H,10,21H2. The van der Waals surface area contributed by atoms with Crippen molar-refractivity contribution in [3.05, 3.63) is 70.8 Å². The van der Waals surface area contributed by atoms with E-state index in [2.05, 4.69) is 22.5 Å². The van der Waals surface area contributed by atoms with Crippen molar-refractivity contribution in [1.82, 2.24) is 9.97 Å². The summed E-state index contributed by atoms with van der Waals surface area (Å²) in [6.07, 6.45) is 1.74. The summed E-state index contributed by atoms with van der Waals surface area (Å²) in [5.41, 5.74) is 10.6. The van der Waals surface area contributed by atoms with E-state index in [1.807, 2.05) is 36.4 Å². The summed E-state index contributed by atoms with van der Waals surface area (Å²) in [5, 5.41) is 3.80. The smallest absolute Gasteiger partial charge is 0.126 e. The van der Waals surface area contributed by atoms with Crippen LogP contribution in [0.5, 0.6) is 0 Å². The number of aromatic nitrogens is 2. The number of benzene rings is 1. The van der Waals surface area contributed by atoms with E-state index in [4.69, 9.17) is 22.3 Å². The van der Waals surface area contributed by atoms with Crippen LogP contribution >= 0.6 is 22.9 Å². The first kappa shape index (κ1) is 15.3. The third kappa shape index (κ3) is 2.59. The average molecular weight is 352 g/mol.